The molecule has 0 radical (unpaired) electrons. The minimum Gasteiger partial charge on any atom is -0.467 e. The number of para-hydroxylation sites is 1. The quantitative estimate of drug-likeness (QED) is 0.492. The highest BCUT2D eigenvalue weighted by molar-refractivity contribution is 5.98. The Morgan fingerprint density at radius 3 is 2.46 bits per heavy atom. The van der Waals surface area contributed by atoms with Crippen molar-refractivity contribution in [3.63, 3.8) is 0 Å². The summed E-state index contributed by atoms with van der Waals surface area (Å²) in [6.07, 6.45) is 1.46. The van der Waals surface area contributed by atoms with Gasteiger partial charge in [0.2, 0.25) is 0 Å². The second-order valence-electron chi connectivity index (χ2n) is 5.61. The van der Waals surface area contributed by atoms with Crippen LogP contribution in [-0.2, 0) is 13.1 Å². The summed E-state index contributed by atoms with van der Waals surface area (Å²) in [6.45, 7) is 0.0183. The lowest BCUT2D eigenvalue weighted by Crippen LogP contribution is -2.30. The molecular weight excluding hydrogens is 339 g/mol. The number of benzene rings is 2. The molecule has 3 rings (SSSR count). The SMILES string of the molecule is O=C(c1ccccc1[N+](=O)[O-])N(Cc1ccco1)Cc1ccccc1F. The van der Waals surface area contributed by atoms with Crippen LogP contribution in [0.4, 0.5) is 10.1 Å². The van der Waals surface area contributed by atoms with Crippen LogP contribution in [0.3, 0.4) is 0 Å². The molecule has 0 N–H and O–H groups in total. The number of carbonyl (C=O) groups is 1. The van der Waals surface area contributed by atoms with Gasteiger partial charge in [-0.15, -0.1) is 0 Å². The van der Waals surface area contributed by atoms with Gasteiger partial charge in [-0.2, -0.15) is 0 Å². The molecular formula is C19H15FN2O4. The molecule has 1 aromatic heterocycles. The number of hydrogen-bond donors (Lipinski definition) is 0. The van der Waals surface area contributed by atoms with Gasteiger partial charge in [0, 0.05) is 18.2 Å². The lowest BCUT2D eigenvalue weighted by molar-refractivity contribution is -0.385. The molecule has 3 aromatic rings. The van der Waals surface area contributed by atoms with Crippen LogP contribution in [0.5, 0.6) is 0 Å². The van der Waals surface area contributed by atoms with Crippen molar-refractivity contribution < 1.29 is 18.5 Å². The third-order valence-corrected chi connectivity index (χ3v) is 3.86. The number of hydrogen-bond acceptors (Lipinski definition) is 4. The highest BCUT2D eigenvalue weighted by Gasteiger charge is 2.25. The summed E-state index contributed by atoms with van der Waals surface area (Å²) in [4.78, 5) is 24.9. The molecule has 0 aliphatic rings. The Balaban J connectivity index is 1.96. The van der Waals surface area contributed by atoms with Crippen LogP contribution in [0, 0.1) is 15.9 Å². The van der Waals surface area contributed by atoms with E-state index in [1.807, 2.05) is 0 Å². The van der Waals surface area contributed by atoms with Gasteiger partial charge in [-0.25, -0.2) is 4.39 Å². The maximum Gasteiger partial charge on any atom is 0.282 e. The van der Waals surface area contributed by atoms with E-state index in [0.29, 0.717) is 11.3 Å². The molecule has 0 saturated carbocycles. The number of nitrogens with zero attached hydrogens (tertiary/aromatic N) is 2. The molecule has 0 aliphatic heterocycles. The van der Waals surface area contributed by atoms with Gasteiger partial charge in [0.05, 0.1) is 17.7 Å². The average molecular weight is 354 g/mol. The van der Waals surface area contributed by atoms with Crippen LogP contribution in [0.1, 0.15) is 21.7 Å². The monoisotopic (exact) mass is 354 g/mol. The van der Waals surface area contributed by atoms with E-state index >= 15 is 0 Å². The molecule has 0 bridgehead atoms. The molecule has 0 atom stereocenters. The predicted octanol–water partition coefficient (Wildman–Crippen LogP) is 4.17. The number of furan rings is 1. The second-order valence-corrected chi connectivity index (χ2v) is 5.61. The zero-order valence-corrected chi connectivity index (χ0v) is 13.7. The van der Waals surface area contributed by atoms with Crippen LogP contribution < -0.4 is 0 Å². The fraction of sp³-hybridized carbons (Fsp3) is 0.105. The summed E-state index contributed by atoms with van der Waals surface area (Å²) < 4.78 is 19.3. The second kappa shape index (κ2) is 7.60. The minimum absolute atomic E-state index is 0.0434. The first kappa shape index (κ1) is 17.3. The Kier molecular flexibility index (Phi) is 5.07. The Morgan fingerprint density at radius 2 is 1.77 bits per heavy atom. The van der Waals surface area contributed by atoms with E-state index in [1.165, 1.54) is 35.4 Å². The molecule has 2 aromatic carbocycles. The molecule has 1 heterocycles. The van der Waals surface area contributed by atoms with Gasteiger partial charge in [-0.05, 0) is 24.3 Å². The number of amides is 1. The van der Waals surface area contributed by atoms with Gasteiger partial charge in [0.1, 0.15) is 17.1 Å². The van der Waals surface area contributed by atoms with Crippen molar-refractivity contribution in [2.75, 3.05) is 0 Å². The van der Waals surface area contributed by atoms with Crippen molar-refractivity contribution in [3.8, 4) is 0 Å². The van der Waals surface area contributed by atoms with Crippen LogP contribution in [0.15, 0.2) is 71.3 Å². The summed E-state index contributed by atoms with van der Waals surface area (Å²) in [7, 11) is 0. The van der Waals surface area contributed by atoms with E-state index in [9.17, 15) is 19.3 Å². The number of rotatable bonds is 6. The first-order valence-corrected chi connectivity index (χ1v) is 7.84. The number of nitro groups is 1. The molecule has 6 nitrogen and oxygen atoms in total. The number of halogens is 1. The summed E-state index contributed by atoms with van der Waals surface area (Å²) in [5, 5.41) is 11.2. The van der Waals surface area contributed by atoms with Crippen molar-refractivity contribution in [2.45, 2.75) is 13.1 Å². The molecule has 1 amide bonds. The van der Waals surface area contributed by atoms with Gasteiger partial charge >= 0.3 is 0 Å². The zero-order valence-electron chi connectivity index (χ0n) is 13.7. The van der Waals surface area contributed by atoms with Gasteiger partial charge in [0.25, 0.3) is 11.6 Å². The molecule has 0 saturated heterocycles. The zero-order chi connectivity index (χ0) is 18.5. The largest absolute Gasteiger partial charge is 0.467 e. The highest BCUT2D eigenvalue weighted by Crippen LogP contribution is 2.22. The molecule has 26 heavy (non-hydrogen) atoms. The van der Waals surface area contributed by atoms with Crippen molar-refractivity contribution in [1.82, 2.24) is 4.90 Å². The smallest absolute Gasteiger partial charge is 0.282 e. The van der Waals surface area contributed by atoms with Crippen molar-refractivity contribution in [3.05, 3.63) is 99.7 Å². The van der Waals surface area contributed by atoms with Gasteiger partial charge in [-0.1, -0.05) is 30.3 Å². The number of nitro benzene ring substituents is 1. The Morgan fingerprint density at radius 1 is 1.04 bits per heavy atom. The maximum atomic E-state index is 14.0. The fourth-order valence-corrected chi connectivity index (χ4v) is 2.61. The standard InChI is InChI=1S/C19H15FN2O4/c20-17-9-3-1-6-14(17)12-21(13-15-7-5-11-26-15)19(23)16-8-2-4-10-18(16)22(24)25/h1-11H,12-13H2. The van der Waals surface area contributed by atoms with E-state index < -0.39 is 16.6 Å². The first-order chi connectivity index (χ1) is 12.6. The lowest BCUT2D eigenvalue weighted by Gasteiger charge is -2.22. The van der Waals surface area contributed by atoms with Gasteiger partial charge in [-0.3, -0.25) is 14.9 Å². The fourth-order valence-electron chi connectivity index (χ4n) is 2.61. The van der Waals surface area contributed by atoms with E-state index in [2.05, 4.69) is 0 Å². The predicted molar refractivity (Wildman–Crippen MR) is 91.8 cm³/mol. The topological polar surface area (TPSA) is 76.6 Å². The van der Waals surface area contributed by atoms with Gasteiger partial charge in [0.15, 0.2) is 0 Å². The summed E-state index contributed by atoms with van der Waals surface area (Å²) >= 11 is 0. The first-order valence-electron chi connectivity index (χ1n) is 7.84. The Bertz CT molecular complexity index is 925. The highest BCUT2D eigenvalue weighted by atomic mass is 19.1. The molecule has 0 fully saturated rings. The molecule has 0 aliphatic carbocycles. The number of carbonyl (C=O) groups excluding carboxylic acids is 1. The van der Waals surface area contributed by atoms with Crippen LogP contribution in [0.25, 0.3) is 0 Å². The van der Waals surface area contributed by atoms with E-state index in [4.69, 9.17) is 4.42 Å². The molecule has 132 valence electrons. The van der Waals surface area contributed by atoms with Crippen LogP contribution in [0.2, 0.25) is 0 Å². The van der Waals surface area contributed by atoms with Gasteiger partial charge < -0.3 is 9.32 Å². The van der Waals surface area contributed by atoms with E-state index in [0.717, 1.165) is 0 Å². The Hall–Kier alpha value is -3.48. The van der Waals surface area contributed by atoms with Crippen molar-refractivity contribution in [2.24, 2.45) is 0 Å². The van der Waals surface area contributed by atoms with Crippen molar-refractivity contribution in [1.29, 1.82) is 0 Å². The van der Waals surface area contributed by atoms with Crippen molar-refractivity contribution >= 4 is 11.6 Å². The van der Waals surface area contributed by atoms with E-state index in [-0.39, 0.29) is 24.3 Å². The lowest BCUT2D eigenvalue weighted by atomic mass is 10.1. The summed E-state index contributed by atoms with van der Waals surface area (Å²) in [5.74, 6) is -0.530. The van der Waals surface area contributed by atoms with Crippen LogP contribution >= 0.6 is 0 Å². The van der Waals surface area contributed by atoms with Crippen LogP contribution in [-0.4, -0.2) is 15.7 Å². The molecule has 7 heteroatoms. The molecule has 0 spiro atoms. The normalized spacial score (nSPS) is 10.5. The third kappa shape index (κ3) is 3.77. The summed E-state index contributed by atoms with van der Waals surface area (Å²) in [6, 6.07) is 15.1. The Labute approximate surface area is 148 Å². The minimum atomic E-state index is -0.610. The third-order valence-electron chi connectivity index (χ3n) is 3.86. The maximum absolute atomic E-state index is 14.0. The average Bonchev–Trinajstić information content (AvgIpc) is 3.15. The molecule has 0 unspecified atom stereocenters. The van der Waals surface area contributed by atoms with E-state index in [1.54, 1.807) is 36.4 Å². The summed E-state index contributed by atoms with van der Waals surface area (Å²) in [5.41, 5.74) is -0.0399.